The standard InChI is InChI=1S/C22H19FN2O3/c23-18-8-12-20(13-9-18)28-19-10-6-16(7-11-19)14-24-21(26)15-25-22(27)17-4-2-1-3-5-17/h1-13H,14-15H2,(H,24,26)(H,25,27). The van der Waals surface area contributed by atoms with Crippen molar-refractivity contribution in [2.24, 2.45) is 0 Å². The van der Waals surface area contributed by atoms with Gasteiger partial charge in [0.1, 0.15) is 17.3 Å². The Morgan fingerprint density at radius 1 is 0.786 bits per heavy atom. The Labute approximate surface area is 162 Å². The van der Waals surface area contributed by atoms with Gasteiger partial charge < -0.3 is 15.4 Å². The summed E-state index contributed by atoms with van der Waals surface area (Å²) in [6.45, 7) is 0.232. The van der Waals surface area contributed by atoms with E-state index in [4.69, 9.17) is 4.74 Å². The Balaban J connectivity index is 1.43. The summed E-state index contributed by atoms with van der Waals surface area (Å²) in [6.07, 6.45) is 0. The molecule has 28 heavy (non-hydrogen) atoms. The number of benzene rings is 3. The first-order valence-corrected chi connectivity index (χ1v) is 8.72. The second-order valence-corrected chi connectivity index (χ2v) is 6.03. The summed E-state index contributed by atoms with van der Waals surface area (Å²) in [4.78, 5) is 23.8. The summed E-state index contributed by atoms with van der Waals surface area (Å²) in [5.41, 5.74) is 1.39. The first-order chi connectivity index (χ1) is 13.6. The van der Waals surface area contributed by atoms with Gasteiger partial charge in [0.2, 0.25) is 5.91 Å². The maximum Gasteiger partial charge on any atom is 0.251 e. The van der Waals surface area contributed by atoms with Crippen molar-refractivity contribution in [3.05, 3.63) is 95.8 Å². The summed E-state index contributed by atoms with van der Waals surface area (Å²) in [5, 5.41) is 5.32. The van der Waals surface area contributed by atoms with Crippen molar-refractivity contribution in [3.8, 4) is 11.5 Å². The topological polar surface area (TPSA) is 67.4 Å². The first-order valence-electron chi connectivity index (χ1n) is 8.72. The molecule has 3 aromatic carbocycles. The number of amides is 2. The van der Waals surface area contributed by atoms with Crippen LogP contribution in [-0.2, 0) is 11.3 Å². The molecule has 0 fully saturated rings. The van der Waals surface area contributed by atoms with Gasteiger partial charge in [-0.25, -0.2) is 4.39 Å². The van der Waals surface area contributed by atoms with Crippen LogP contribution in [0.25, 0.3) is 0 Å². The van der Waals surface area contributed by atoms with Crippen LogP contribution in [0.5, 0.6) is 11.5 Å². The molecule has 0 aliphatic rings. The second kappa shape index (κ2) is 9.32. The molecule has 0 radical (unpaired) electrons. The molecule has 3 aromatic rings. The van der Waals surface area contributed by atoms with Gasteiger partial charge in [0.05, 0.1) is 6.54 Å². The quantitative estimate of drug-likeness (QED) is 0.659. The van der Waals surface area contributed by atoms with Crippen LogP contribution in [0.4, 0.5) is 4.39 Å². The second-order valence-electron chi connectivity index (χ2n) is 6.03. The fraction of sp³-hybridized carbons (Fsp3) is 0.0909. The molecule has 2 amide bonds. The molecular weight excluding hydrogens is 359 g/mol. The third-order valence-electron chi connectivity index (χ3n) is 3.91. The van der Waals surface area contributed by atoms with Crippen molar-refractivity contribution in [1.82, 2.24) is 10.6 Å². The molecule has 0 aliphatic carbocycles. The average Bonchev–Trinajstić information content (AvgIpc) is 2.74. The Kier molecular flexibility index (Phi) is 6.36. The first kappa shape index (κ1) is 19.1. The summed E-state index contributed by atoms with van der Waals surface area (Å²) < 4.78 is 18.5. The minimum atomic E-state index is -0.321. The van der Waals surface area contributed by atoms with Gasteiger partial charge in [-0.05, 0) is 54.1 Å². The Morgan fingerprint density at radius 3 is 2.04 bits per heavy atom. The fourth-order valence-corrected chi connectivity index (χ4v) is 2.43. The van der Waals surface area contributed by atoms with Gasteiger partial charge in [-0.15, -0.1) is 0 Å². The fourth-order valence-electron chi connectivity index (χ4n) is 2.43. The lowest BCUT2D eigenvalue weighted by Gasteiger charge is -2.09. The van der Waals surface area contributed by atoms with Crippen LogP contribution in [0.2, 0.25) is 0 Å². The van der Waals surface area contributed by atoms with E-state index in [2.05, 4.69) is 10.6 Å². The number of rotatable bonds is 7. The largest absolute Gasteiger partial charge is 0.457 e. The molecule has 0 atom stereocenters. The molecule has 3 rings (SSSR count). The summed E-state index contributed by atoms with van der Waals surface area (Å²) in [5.74, 6) is 0.251. The maximum absolute atomic E-state index is 12.9. The highest BCUT2D eigenvalue weighted by atomic mass is 19.1. The van der Waals surface area contributed by atoms with E-state index in [0.717, 1.165) is 5.56 Å². The van der Waals surface area contributed by atoms with Crippen LogP contribution in [0.3, 0.4) is 0 Å². The van der Waals surface area contributed by atoms with Gasteiger partial charge in [0.15, 0.2) is 0 Å². The Morgan fingerprint density at radius 2 is 1.39 bits per heavy atom. The number of ether oxygens (including phenoxy) is 1. The van der Waals surface area contributed by atoms with Crippen LogP contribution in [0, 0.1) is 5.82 Å². The number of hydrogen-bond donors (Lipinski definition) is 2. The predicted molar refractivity (Wildman–Crippen MR) is 104 cm³/mol. The number of carbonyl (C=O) groups is 2. The number of hydrogen-bond acceptors (Lipinski definition) is 3. The van der Waals surface area contributed by atoms with Gasteiger partial charge in [0.25, 0.3) is 5.91 Å². The van der Waals surface area contributed by atoms with Crippen LogP contribution in [0.15, 0.2) is 78.9 Å². The predicted octanol–water partition coefficient (Wildman–Crippen LogP) is 3.66. The molecule has 0 aliphatic heterocycles. The summed E-state index contributed by atoms with van der Waals surface area (Å²) >= 11 is 0. The number of halogens is 1. The molecule has 0 aromatic heterocycles. The van der Waals surface area contributed by atoms with E-state index in [1.807, 2.05) is 18.2 Å². The molecule has 0 spiro atoms. The molecule has 142 valence electrons. The van der Waals surface area contributed by atoms with Crippen molar-refractivity contribution in [3.63, 3.8) is 0 Å². The van der Waals surface area contributed by atoms with Crippen molar-refractivity contribution in [1.29, 1.82) is 0 Å². The highest BCUT2D eigenvalue weighted by molar-refractivity contribution is 5.96. The van der Waals surface area contributed by atoms with Crippen LogP contribution < -0.4 is 15.4 Å². The van der Waals surface area contributed by atoms with E-state index >= 15 is 0 Å². The van der Waals surface area contributed by atoms with Gasteiger partial charge >= 0.3 is 0 Å². The molecule has 0 bridgehead atoms. The normalized spacial score (nSPS) is 10.2. The molecule has 5 nitrogen and oxygen atoms in total. The van der Waals surface area contributed by atoms with Gasteiger partial charge in [0, 0.05) is 12.1 Å². The molecule has 6 heteroatoms. The average molecular weight is 378 g/mol. The van der Waals surface area contributed by atoms with Gasteiger partial charge in [-0.2, -0.15) is 0 Å². The van der Waals surface area contributed by atoms with Crippen molar-refractivity contribution < 1.29 is 18.7 Å². The Hall–Kier alpha value is -3.67. The highest BCUT2D eigenvalue weighted by Crippen LogP contribution is 2.21. The highest BCUT2D eigenvalue weighted by Gasteiger charge is 2.07. The SMILES string of the molecule is O=C(CNC(=O)c1ccccc1)NCc1ccc(Oc2ccc(F)cc2)cc1. The van der Waals surface area contributed by atoms with E-state index in [0.29, 0.717) is 23.6 Å². The van der Waals surface area contributed by atoms with E-state index in [1.165, 1.54) is 12.1 Å². The molecule has 0 saturated heterocycles. The number of nitrogens with one attached hydrogen (secondary N) is 2. The molecule has 2 N–H and O–H groups in total. The third kappa shape index (κ3) is 5.67. The van der Waals surface area contributed by atoms with Crippen molar-refractivity contribution in [2.45, 2.75) is 6.54 Å². The van der Waals surface area contributed by atoms with E-state index in [1.54, 1.807) is 48.5 Å². The van der Waals surface area contributed by atoms with Crippen molar-refractivity contribution >= 4 is 11.8 Å². The van der Waals surface area contributed by atoms with Crippen LogP contribution in [-0.4, -0.2) is 18.4 Å². The lowest BCUT2D eigenvalue weighted by molar-refractivity contribution is -0.120. The third-order valence-corrected chi connectivity index (χ3v) is 3.91. The zero-order valence-corrected chi connectivity index (χ0v) is 15.0. The molecule has 0 heterocycles. The van der Waals surface area contributed by atoms with E-state index < -0.39 is 0 Å². The number of carbonyl (C=O) groups excluding carboxylic acids is 2. The van der Waals surface area contributed by atoms with E-state index in [-0.39, 0.29) is 24.2 Å². The minimum absolute atomic E-state index is 0.0977. The lowest BCUT2D eigenvalue weighted by atomic mass is 10.2. The van der Waals surface area contributed by atoms with E-state index in [9.17, 15) is 14.0 Å². The lowest BCUT2D eigenvalue weighted by Crippen LogP contribution is -2.36. The zero-order valence-electron chi connectivity index (χ0n) is 15.0. The molecule has 0 unspecified atom stereocenters. The molecule has 0 saturated carbocycles. The van der Waals surface area contributed by atoms with Crippen molar-refractivity contribution in [2.75, 3.05) is 6.54 Å². The van der Waals surface area contributed by atoms with Gasteiger partial charge in [-0.1, -0.05) is 30.3 Å². The minimum Gasteiger partial charge on any atom is -0.457 e. The summed E-state index contributed by atoms with van der Waals surface area (Å²) in [7, 11) is 0. The van der Waals surface area contributed by atoms with Crippen LogP contribution >= 0.6 is 0 Å². The van der Waals surface area contributed by atoms with Crippen LogP contribution in [0.1, 0.15) is 15.9 Å². The smallest absolute Gasteiger partial charge is 0.251 e. The molecular formula is C22H19FN2O3. The van der Waals surface area contributed by atoms with Gasteiger partial charge in [-0.3, -0.25) is 9.59 Å². The summed E-state index contributed by atoms with van der Waals surface area (Å²) in [6, 6.07) is 21.6. The maximum atomic E-state index is 12.9. The Bertz CT molecular complexity index is 926. The monoisotopic (exact) mass is 378 g/mol. The zero-order chi connectivity index (χ0) is 19.8.